The van der Waals surface area contributed by atoms with Gasteiger partial charge in [-0.2, -0.15) is 0 Å². The molecule has 15 nitrogen and oxygen atoms in total. The van der Waals surface area contributed by atoms with Crippen molar-refractivity contribution in [2.45, 2.75) is 55.2 Å². The van der Waals surface area contributed by atoms with E-state index in [0.29, 0.717) is 0 Å². The summed E-state index contributed by atoms with van der Waals surface area (Å²) in [5.74, 6) is 0. The zero-order valence-corrected chi connectivity index (χ0v) is 15.3. The molecule has 0 aromatic carbocycles. The molecule has 2 saturated heterocycles. The van der Waals surface area contributed by atoms with E-state index in [1.165, 1.54) is 0 Å². The second kappa shape index (κ2) is 9.22. The zero-order chi connectivity index (χ0) is 22.0. The predicted octanol–water partition coefficient (Wildman–Crippen LogP) is -3.71. The van der Waals surface area contributed by atoms with E-state index in [-0.39, 0.29) is 0 Å². The van der Waals surface area contributed by atoms with E-state index in [1.807, 2.05) is 4.98 Å². The minimum Gasteiger partial charge on any atom is -0.394 e. The first-order valence-corrected chi connectivity index (χ1v) is 8.89. The maximum atomic E-state index is 11.9. The molecule has 15 heteroatoms. The maximum absolute atomic E-state index is 11.9. The molecule has 9 unspecified atom stereocenters. The van der Waals surface area contributed by atoms with E-state index in [4.69, 9.17) is 19.7 Å². The van der Waals surface area contributed by atoms with Crippen LogP contribution in [0.4, 0.5) is 0 Å². The number of hydrogen-bond donors (Lipinski definition) is 6. The van der Waals surface area contributed by atoms with Crippen molar-refractivity contribution in [3.63, 3.8) is 0 Å². The van der Waals surface area contributed by atoms with Gasteiger partial charge in [-0.15, -0.1) is 0 Å². The topological polar surface area (TPSA) is 232 Å². The smallest absolute Gasteiger partial charge is 0.330 e. The summed E-state index contributed by atoms with van der Waals surface area (Å²) in [6, 6.07) is -0.329. The molecule has 1 aromatic heterocycles. The number of nitrogens with zero attached hydrogens (tertiary/aromatic N) is 4. The van der Waals surface area contributed by atoms with Gasteiger partial charge in [0, 0.05) is 17.2 Å². The Hall–Kier alpha value is -2.33. The minimum absolute atomic E-state index is 0.435. The second-order valence-electron chi connectivity index (χ2n) is 6.80. The molecule has 9 atom stereocenters. The van der Waals surface area contributed by atoms with E-state index in [0.717, 1.165) is 16.8 Å². The molecule has 0 amide bonds. The third-order valence-electron chi connectivity index (χ3n) is 4.92. The fourth-order valence-electron chi connectivity index (χ4n) is 3.30. The lowest BCUT2D eigenvalue weighted by atomic mass is 9.98. The second-order valence-corrected chi connectivity index (χ2v) is 6.80. The number of hydrogen-bond acceptors (Lipinski definition) is 11. The SMILES string of the molecule is [N-]=[N+]=NC1C(OCC2OC(n3ccc(=O)[nH]c3=O)C(O)C2O)OC(CO)C(O)C1O. The van der Waals surface area contributed by atoms with Crippen molar-refractivity contribution < 1.29 is 39.7 Å². The summed E-state index contributed by atoms with van der Waals surface area (Å²) in [7, 11) is 0. The summed E-state index contributed by atoms with van der Waals surface area (Å²) < 4.78 is 17.1. The van der Waals surface area contributed by atoms with Gasteiger partial charge in [0.05, 0.1) is 19.3 Å². The normalized spacial score (nSPS) is 38.9. The standard InChI is InChI=1S/C15H21N5O10/c16-19-18-8-11(25)9(23)5(3-21)30-14(8)28-4-6-10(24)12(26)13(29-6)20-2-1-7(22)17-15(20)27/h1-2,5-6,8-14,21,23-26H,3-4H2,(H,17,22,27). The van der Waals surface area contributed by atoms with Gasteiger partial charge < -0.3 is 39.7 Å². The van der Waals surface area contributed by atoms with Crippen LogP contribution in [-0.2, 0) is 14.2 Å². The Morgan fingerprint density at radius 2 is 1.83 bits per heavy atom. The molecular formula is C15H21N5O10. The first-order chi connectivity index (χ1) is 14.3. The summed E-state index contributed by atoms with van der Waals surface area (Å²) in [6.45, 7) is -1.09. The molecule has 0 spiro atoms. The largest absolute Gasteiger partial charge is 0.394 e. The van der Waals surface area contributed by atoms with Gasteiger partial charge in [0.2, 0.25) is 0 Å². The van der Waals surface area contributed by atoms with Crippen LogP contribution in [0, 0.1) is 0 Å². The van der Waals surface area contributed by atoms with Crippen LogP contribution >= 0.6 is 0 Å². The quantitative estimate of drug-likeness (QED) is 0.146. The number of aliphatic hydroxyl groups is 5. The monoisotopic (exact) mass is 431 g/mol. The maximum Gasteiger partial charge on any atom is 0.330 e. The Kier molecular flexibility index (Phi) is 6.87. The highest BCUT2D eigenvalue weighted by Gasteiger charge is 2.47. The highest BCUT2D eigenvalue weighted by molar-refractivity contribution is 4.95. The molecular weight excluding hydrogens is 410 g/mol. The Bertz CT molecular complexity index is 900. The molecule has 2 aliphatic heterocycles. The third-order valence-corrected chi connectivity index (χ3v) is 4.92. The molecule has 2 aliphatic rings. The fourth-order valence-corrected chi connectivity index (χ4v) is 3.30. The van der Waals surface area contributed by atoms with E-state index in [9.17, 15) is 35.1 Å². The predicted molar refractivity (Wildman–Crippen MR) is 93.9 cm³/mol. The number of ether oxygens (including phenoxy) is 3. The lowest BCUT2D eigenvalue weighted by Crippen LogP contribution is -2.58. The van der Waals surface area contributed by atoms with Crippen LogP contribution in [0.15, 0.2) is 27.0 Å². The van der Waals surface area contributed by atoms with Crippen molar-refractivity contribution in [2.75, 3.05) is 13.2 Å². The van der Waals surface area contributed by atoms with Crippen LogP contribution in [0.1, 0.15) is 6.23 Å². The number of H-pyrrole nitrogens is 1. The number of nitrogens with one attached hydrogen (secondary N) is 1. The van der Waals surface area contributed by atoms with Crippen molar-refractivity contribution in [2.24, 2.45) is 5.11 Å². The Balaban J connectivity index is 1.72. The fraction of sp³-hybridized carbons (Fsp3) is 0.733. The van der Waals surface area contributed by atoms with Crippen LogP contribution in [0.3, 0.4) is 0 Å². The molecule has 6 N–H and O–H groups in total. The molecule has 3 rings (SSSR count). The van der Waals surface area contributed by atoms with Gasteiger partial charge in [-0.25, -0.2) is 4.79 Å². The van der Waals surface area contributed by atoms with Crippen LogP contribution < -0.4 is 11.2 Å². The summed E-state index contributed by atoms with van der Waals surface area (Å²) in [6.07, 6.45) is -10.2. The van der Waals surface area contributed by atoms with Crippen molar-refractivity contribution in [1.82, 2.24) is 9.55 Å². The van der Waals surface area contributed by atoms with Gasteiger partial charge in [0.25, 0.3) is 5.56 Å². The Labute approximate surface area is 167 Å². The van der Waals surface area contributed by atoms with E-state index >= 15 is 0 Å². The average molecular weight is 431 g/mol. The lowest BCUT2D eigenvalue weighted by Gasteiger charge is -2.40. The van der Waals surface area contributed by atoms with Crippen LogP contribution in [0.2, 0.25) is 0 Å². The van der Waals surface area contributed by atoms with Gasteiger partial charge in [-0.05, 0) is 5.53 Å². The first kappa shape index (κ1) is 22.4. The first-order valence-electron chi connectivity index (χ1n) is 8.89. The Morgan fingerprint density at radius 3 is 2.47 bits per heavy atom. The van der Waals surface area contributed by atoms with Gasteiger partial charge >= 0.3 is 5.69 Å². The molecule has 3 heterocycles. The summed E-state index contributed by atoms with van der Waals surface area (Å²) in [4.78, 5) is 27.6. The third kappa shape index (κ3) is 4.24. The van der Waals surface area contributed by atoms with Crippen LogP contribution in [0.25, 0.3) is 10.4 Å². The van der Waals surface area contributed by atoms with Gasteiger partial charge in [0.15, 0.2) is 12.5 Å². The van der Waals surface area contributed by atoms with E-state index in [1.54, 1.807) is 0 Å². The van der Waals surface area contributed by atoms with E-state index < -0.39 is 79.6 Å². The highest BCUT2D eigenvalue weighted by atomic mass is 16.7. The van der Waals surface area contributed by atoms with Crippen molar-refractivity contribution in [3.05, 3.63) is 43.5 Å². The molecule has 0 aliphatic carbocycles. The van der Waals surface area contributed by atoms with Crippen molar-refractivity contribution in [1.29, 1.82) is 0 Å². The summed E-state index contributed by atoms with van der Waals surface area (Å²) >= 11 is 0. The minimum atomic E-state index is -1.59. The van der Waals surface area contributed by atoms with Crippen LogP contribution in [-0.4, -0.2) is 97.3 Å². The van der Waals surface area contributed by atoms with Gasteiger partial charge in [-0.1, -0.05) is 5.11 Å². The zero-order valence-electron chi connectivity index (χ0n) is 15.3. The molecule has 0 bridgehead atoms. The highest BCUT2D eigenvalue weighted by Crippen LogP contribution is 2.30. The van der Waals surface area contributed by atoms with Gasteiger partial charge in [-0.3, -0.25) is 14.3 Å². The number of aromatic nitrogens is 2. The van der Waals surface area contributed by atoms with Crippen molar-refractivity contribution >= 4 is 0 Å². The van der Waals surface area contributed by atoms with Crippen molar-refractivity contribution in [3.8, 4) is 0 Å². The molecule has 2 fully saturated rings. The molecule has 0 radical (unpaired) electrons. The average Bonchev–Trinajstić information content (AvgIpc) is 2.99. The number of rotatable bonds is 6. The van der Waals surface area contributed by atoms with Crippen LogP contribution in [0.5, 0.6) is 0 Å². The molecule has 1 aromatic rings. The summed E-state index contributed by atoms with van der Waals surface area (Å²) in [5, 5.41) is 53.0. The number of aromatic amines is 1. The number of azide groups is 1. The van der Waals surface area contributed by atoms with Gasteiger partial charge in [0.1, 0.15) is 36.6 Å². The van der Waals surface area contributed by atoms with E-state index in [2.05, 4.69) is 10.0 Å². The molecule has 166 valence electrons. The molecule has 30 heavy (non-hydrogen) atoms. The Morgan fingerprint density at radius 1 is 1.13 bits per heavy atom. The molecule has 0 saturated carbocycles. The number of aliphatic hydroxyl groups excluding tert-OH is 5. The lowest BCUT2D eigenvalue weighted by molar-refractivity contribution is -0.272. The summed E-state index contributed by atoms with van der Waals surface area (Å²) in [5.41, 5.74) is 7.17.